The lowest BCUT2D eigenvalue weighted by Gasteiger charge is -2.16. The molecule has 6 heteroatoms. The van der Waals surface area contributed by atoms with Crippen LogP contribution in [0.5, 0.6) is 5.75 Å². The normalized spacial score (nSPS) is 19.9. The highest BCUT2D eigenvalue weighted by Crippen LogP contribution is 2.43. The topological polar surface area (TPSA) is 21.3 Å². The summed E-state index contributed by atoms with van der Waals surface area (Å²) in [5.41, 5.74) is -0.532. The van der Waals surface area contributed by atoms with Crippen LogP contribution in [0.1, 0.15) is 12.5 Å². The molecule has 0 saturated heterocycles. The molecule has 0 bridgehead atoms. The Morgan fingerprint density at radius 2 is 2.12 bits per heavy atom. The molecule has 1 aliphatic heterocycles. The van der Waals surface area contributed by atoms with Crippen molar-refractivity contribution in [3.05, 3.63) is 22.7 Å². The van der Waals surface area contributed by atoms with Crippen molar-refractivity contribution >= 4 is 17.3 Å². The standard InChI is InChI=1S/C11H11ClF3NO/c1-6-4-16-9-3-7(12)2-8(11(13,14)15)10(9)17-5-6/h2-3,6,16H,4-5H2,1H3. The summed E-state index contributed by atoms with van der Waals surface area (Å²) >= 11 is 5.68. The zero-order chi connectivity index (χ0) is 12.6. The third-order valence-electron chi connectivity index (χ3n) is 2.51. The van der Waals surface area contributed by atoms with Gasteiger partial charge < -0.3 is 10.1 Å². The van der Waals surface area contributed by atoms with Crippen molar-refractivity contribution in [2.45, 2.75) is 13.1 Å². The number of hydrogen-bond acceptors (Lipinski definition) is 2. The Labute approximate surface area is 102 Å². The van der Waals surface area contributed by atoms with Gasteiger partial charge >= 0.3 is 6.18 Å². The van der Waals surface area contributed by atoms with Crippen molar-refractivity contribution in [2.75, 3.05) is 18.5 Å². The molecule has 94 valence electrons. The summed E-state index contributed by atoms with van der Waals surface area (Å²) < 4.78 is 43.7. The predicted molar refractivity (Wildman–Crippen MR) is 59.6 cm³/mol. The van der Waals surface area contributed by atoms with Crippen LogP contribution in [0.2, 0.25) is 5.02 Å². The maximum absolute atomic E-state index is 12.8. The molecule has 0 radical (unpaired) electrons. The molecule has 1 heterocycles. The average Bonchev–Trinajstić information content (AvgIpc) is 2.39. The number of hydrogen-bond donors (Lipinski definition) is 1. The van der Waals surface area contributed by atoms with Crippen LogP contribution in [0.25, 0.3) is 0 Å². The van der Waals surface area contributed by atoms with Crippen LogP contribution in [-0.2, 0) is 6.18 Å². The molecule has 0 spiro atoms. The number of anilines is 1. The van der Waals surface area contributed by atoms with Gasteiger partial charge in [-0.25, -0.2) is 0 Å². The van der Waals surface area contributed by atoms with E-state index in [0.29, 0.717) is 12.2 Å². The number of alkyl halides is 3. The van der Waals surface area contributed by atoms with Crippen molar-refractivity contribution in [3.63, 3.8) is 0 Å². The number of benzene rings is 1. The predicted octanol–water partition coefficient (Wildman–Crippen LogP) is 3.80. The summed E-state index contributed by atoms with van der Waals surface area (Å²) in [4.78, 5) is 0. The molecule has 0 aromatic heterocycles. The first-order valence-corrected chi connectivity index (χ1v) is 5.53. The monoisotopic (exact) mass is 265 g/mol. The zero-order valence-electron chi connectivity index (χ0n) is 9.07. The highest BCUT2D eigenvalue weighted by molar-refractivity contribution is 6.31. The molecule has 2 rings (SSSR count). The number of halogens is 4. The van der Waals surface area contributed by atoms with Gasteiger partial charge in [-0.1, -0.05) is 18.5 Å². The van der Waals surface area contributed by atoms with Gasteiger partial charge in [0.1, 0.15) is 5.56 Å². The second-order valence-electron chi connectivity index (χ2n) is 4.12. The van der Waals surface area contributed by atoms with E-state index in [1.807, 2.05) is 6.92 Å². The van der Waals surface area contributed by atoms with Gasteiger partial charge in [-0.3, -0.25) is 0 Å². The molecular formula is C11H11ClF3NO. The minimum Gasteiger partial charge on any atom is -0.490 e. The largest absolute Gasteiger partial charge is 0.490 e. The summed E-state index contributed by atoms with van der Waals surface area (Å²) in [6, 6.07) is 2.34. The van der Waals surface area contributed by atoms with Crippen LogP contribution >= 0.6 is 11.6 Å². The molecule has 1 aromatic carbocycles. The van der Waals surface area contributed by atoms with Gasteiger partial charge in [0.05, 0.1) is 12.3 Å². The van der Waals surface area contributed by atoms with Crippen LogP contribution in [0, 0.1) is 5.92 Å². The fourth-order valence-corrected chi connectivity index (χ4v) is 1.88. The van der Waals surface area contributed by atoms with Gasteiger partial charge in [0, 0.05) is 17.5 Å². The summed E-state index contributed by atoms with van der Waals surface area (Å²) in [6.07, 6.45) is -4.47. The van der Waals surface area contributed by atoms with Crippen molar-refractivity contribution in [3.8, 4) is 5.75 Å². The SMILES string of the molecule is CC1CNc2cc(Cl)cc(C(F)(F)F)c2OC1. The van der Waals surface area contributed by atoms with E-state index >= 15 is 0 Å². The van der Waals surface area contributed by atoms with E-state index in [1.165, 1.54) is 6.07 Å². The first-order chi connectivity index (χ1) is 7.88. The number of ether oxygens (including phenoxy) is 1. The van der Waals surface area contributed by atoms with Crippen molar-refractivity contribution < 1.29 is 17.9 Å². The summed E-state index contributed by atoms with van der Waals surface area (Å²) in [7, 11) is 0. The maximum Gasteiger partial charge on any atom is 0.420 e. The van der Waals surface area contributed by atoms with Gasteiger partial charge in [-0.2, -0.15) is 13.2 Å². The van der Waals surface area contributed by atoms with Crippen LogP contribution < -0.4 is 10.1 Å². The summed E-state index contributed by atoms with van der Waals surface area (Å²) in [5, 5.41) is 2.96. The van der Waals surface area contributed by atoms with Crippen LogP contribution in [0.15, 0.2) is 12.1 Å². The lowest BCUT2D eigenvalue weighted by molar-refractivity contribution is -0.138. The highest BCUT2D eigenvalue weighted by Gasteiger charge is 2.36. The van der Waals surface area contributed by atoms with E-state index in [0.717, 1.165) is 6.07 Å². The smallest absolute Gasteiger partial charge is 0.420 e. The van der Waals surface area contributed by atoms with E-state index in [9.17, 15) is 13.2 Å². The lowest BCUT2D eigenvalue weighted by Crippen LogP contribution is -2.14. The molecule has 1 unspecified atom stereocenters. The number of rotatable bonds is 0. The Morgan fingerprint density at radius 1 is 1.41 bits per heavy atom. The molecule has 1 N–H and O–H groups in total. The molecule has 2 nitrogen and oxygen atoms in total. The second kappa shape index (κ2) is 4.29. The van der Waals surface area contributed by atoms with Crippen molar-refractivity contribution in [1.82, 2.24) is 0 Å². The van der Waals surface area contributed by atoms with E-state index in [1.54, 1.807) is 0 Å². The van der Waals surface area contributed by atoms with Gasteiger partial charge in [-0.15, -0.1) is 0 Å². The van der Waals surface area contributed by atoms with Crippen molar-refractivity contribution in [2.24, 2.45) is 5.92 Å². The average molecular weight is 266 g/mol. The van der Waals surface area contributed by atoms with E-state index < -0.39 is 11.7 Å². The number of nitrogens with one attached hydrogen (secondary N) is 1. The van der Waals surface area contributed by atoms with Gasteiger partial charge in [0.2, 0.25) is 0 Å². The third kappa shape index (κ3) is 2.60. The number of fused-ring (bicyclic) bond motifs is 1. The molecule has 0 amide bonds. The highest BCUT2D eigenvalue weighted by atomic mass is 35.5. The van der Waals surface area contributed by atoms with Gasteiger partial charge in [0.25, 0.3) is 0 Å². The maximum atomic E-state index is 12.8. The quantitative estimate of drug-likeness (QED) is 0.770. The third-order valence-corrected chi connectivity index (χ3v) is 2.73. The molecule has 17 heavy (non-hydrogen) atoms. The Bertz CT molecular complexity index is 433. The molecule has 0 saturated carbocycles. The van der Waals surface area contributed by atoms with Crippen LogP contribution in [-0.4, -0.2) is 13.2 Å². The van der Waals surface area contributed by atoms with Gasteiger partial charge in [-0.05, 0) is 12.1 Å². The minimum absolute atomic E-state index is 0.0433. The van der Waals surface area contributed by atoms with Crippen molar-refractivity contribution in [1.29, 1.82) is 0 Å². The molecule has 1 aromatic rings. The second-order valence-corrected chi connectivity index (χ2v) is 4.56. The Kier molecular flexibility index (Phi) is 3.12. The first-order valence-electron chi connectivity index (χ1n) is 5.15. The Balaban J connectivity index is 2.51. The van der Waals surface area contributed by atoms with E-state index in [2.05, 4.69) is 5.32 Å². The first kappa shape index (κ1) is 12.4. The fraction of sp³-hybridized carbons (Fsp3) is 0.455. The molecule has 1 atom stereocenters. The molecule has 0 aliphatic carbocycles. The fourth-order valence-electron chi connectivity index (χ4n) is 1.66. The molecule has 0 fully saturated rings. The molecule has 1 aliphatic rings. The van der Waals surface area contributed by atoms with Crippen LogP contribution in [0.4, 0.5) is 18.9 Å². The summed E-state index contributed by atoms with van der Waals surface area (Å²) in [6.45, 7) is 2.71. The van der Waals surface area contributed by atoms with E-state index in [4.69, 9.17) is 16.3 Å². The Morgan fingerprint density at radius 3 is 2.76 bits per heavy atom. The minimum atomic E-state index is -4.47. The Hall–Kier alpha value is -1.10. The lowest BCUT2D eigenvalue weighted by atomic mass is 10.1. The van der Waals surface area contributed by atoms with Gasteiger partial charge in [0.15, 0.2) is 5.75 Å². The zero-order valence-corrected chi connectivity index (χ0v) is 9.82. The molecular weight excluding hydrogens is 255 g/mol. The van der Waals surface area contributed by atoms with E-state index in [-0.39, 0.29) is 23.3 Å². The van der Waals surface area contributed by atoms with Crippen LogP contribution in [0.3, 0.4) is 0 Å². The summed E-state index contributed by atoms with van der Waals surface area (Å²) in [5.74, 6) is -0.0199.